The van der Waals surface area contributed by atoms with Crippen molar-refractivity contribution in [3.8, 4) is 0 Å². The van der Waals surface area contributed by atoms with Gasteiger partial charge in [0.15, 0.2) is 0 Å². The molecule has 1 aliphatic carbocycles. The number of carbonyl (C=O) groups is 5. The fourth-order valence-corrected chi connectivity index (χ4v) is 11.0. The van der Waals surface area contributed by atoms with Crippen LogP contribution in [0.1, 0.15) is 118 Å². The summed E-state index contributed by atoms with van der Waals surface area (Å²) < 4.78 is 30.0. The van der Waals surface area contributed by atoms with E-state index in [0.717, 1.165) is 18.7 Å². The first-order valence-corrected chi connectivity index (χ1v) is 24.6. The number of likely N-dealkylation sites (N-methyl/N-ethyl adjacent to an activating group) is 1. The molecule has 0 aromatic rings. The van der Waals surface area contributed by atoms with E-state index in [-0.39, 0.29) is 55.4 Å². The lowest BCUT2D eigenvalue weighted by molar-refractivity contribution is -0.302. The predicted molar refractivity (Wildman–Crippen MR) is 246 cm³/mol. The largest absolute Gasteiger partial charge is 0.456 e. The number of aliphatic hydroxyl groups is 3. The van der Waals surface area contributed by atoms with Crippen LogP contribution in [-0.4, -0.2) is 175 Å². The van der Waals surface area contributed by atoms with Crippen molar-refractivity contribution < 1.29 is 63.0 Å². The van der Waals surface area contributed by atoms with Gasteiger partial charge in [0.25, 0.3) is 11.7 Å². The third kappa shape index (κ3) is 13.4. The molecule has 4 fully saturated rings. The first-order chi connectivity index (χ1) is 31.3. The number of nitrogens with zero attached hydrogens (tertiary/aromatic N) is 3. The third-order valence-corrected chi connectivity index (χ3v) is 15.2. The van der Waals surface area contributed by atoms with E-state index in [0.29, 0.717) is 82.9 Å². The molecule has 4 aliphatic heterocycles. The number of esters is 1. The highest BCUT2D eigenvalue weighted by molar-refractivity contribution is 6.39. The van der Waals surface area contributed by atoms with Crippen LogP contribution in [0.3, 0.4) is 0 Å². The Morgan fingerprint density at radius 2 is 1.53 bits per heavy atom. The number of ketones is 2. The lowest BCUT2D eigenvalue weighted by Crippen LogP contribution is -2.64. The van der Waals surface area contributed by atoms with Crippen LogP contribution in [0.4, 0.5) is 0 Å². The maximum atomic E-state index is 14.5. The van der Waals surface area contributed by atoms with Gasteiger partial charge in [-0.25, -0.2) is 4.79 Å². The summed E-state index contributed by atoms with van der Waals surface area (Å²) in [6.07, 6.45) is 3.62. The molecular formula is C50H81N3O13. The Kier molecular flexibility index (Phi) is 20.0. The Labute approximate surface area is 392 Å². The number of fused-ring (bicyclic) bond motifs is 3. The average Bonchev–Trinajstić information content (AvgIpc) is 3.29. The van der Waals surface area contributed by atoms with E-state index >= 15 is 0 Å². The molecule has 4 heterocycles. The molecule has 5 rings (SSSR count). The Hall–Kier alpha value is -3.09. The molecule has 16 nitrogen and oxygen atoms in total. The number of aliphatic hydroxyl groups excluding tert-OH is 2. The number of carbonyl (C=O) groups excluding carboxylic acids is 5. The molecule has 0 spiro atoms. The van der Waals surface area contributed by atoms with Gasteiger partial charge in [0, 0.05) is 84.6 Å². The lowest BCUT2D eigenvalue weighted by atomic mass is 9.81. The van der Waals surface area contributed by atoms with Gasteiger partial charge < -0.3 is 53.7 Å². The Bertz CT molecular complexity index is 1730. The van der Waals surface area contributed by atoms with E-state index in [9.17, 15) is 39.3 Å². The maximum Gasteiger partial charge on any atom is 0.329 e. The number of allylic oxidation sites excluding steroid dienone is 3. The second-order valence-electron chi connectivity index (χ2n) is 20.3. The van der Waals surface area contributed by atoms with Gasteiger partial charge in [-0.2, -0.15) is 0 Å². The van der Waals surface area contributed by atoms with Crippen molar-refractivity contribution in [3.05, 3.63) is 23.3 Å². The highest BCUT2D eigenvalue weighted by Crippen LogP contribution is 2.39. The number of hydrogen-bond acceptors (Lipinski definition) is 14. The molecule has 0 aromatic carbocycles. The molecule has 66 heavy (non-hydrogen) atoms. The molecular weight excluding hydrogens is 851 g/mol. The van der Waals surface area contributed by atoms with Crippen LogP contribution in [0.25, 0.3) is 0 Å². The predicted octanol–water partition coefficient (Wildman–Crippen LogP) is 4.01. The van der Waals surface area contributed by atoms with E-state index in [1.54, 1.807) is 21.0 Å². The molecule has 1 saturated carbocycles. The van der Waals surface area contributed by atoms with Gasteiger partial charge in [0.1, 0.15) is 24.0 Å². The zero-order valence-electron chi connectivity index (χ0n) is 41.2. The fourth-order valence-electron chi connectivity index (χ4n) is 11.0. The maximum absolute atomic E-state index is 14.5. The second-order valence-corrected chi connectivity index (χ2v) is 20.3. The minimum Gasteiger partial charge on any atom is -0.456 e. The molecule has 2 bridgehead atoms. The second kappa shape index (κ2) is 24.5. The Morgan fingerprint density at radius 1 is 0.864 bits per heavy atom. The van der Waals surface area contributed by atoms with Crippen molar-refractivity contribution in [3.63, 3.8) is 0 Å². The van der Waals surface area contributed by atoms with Crippen LogP contribution in [0.2, 0.25) is 0 Å². The fraction of sp³-hybridized carbons (Fsp3) is 0.820. The first-order valence-electron chi connectivity index (χ1n) is 24.6. The van der Waals surface area contributed by atoms with Gasteiger partial charge in [-0.3, -0.25) is 19.2 Å². The summed E-state index contributed by atoms with van der Waals surface area (Å²) in [5.74, 6) is -7.99. The van der Waals surface area contributed by atoms with Crippen LogP contribution in [0, 0.1) is 29.6 Å². The first kappa shape index (κ1) is 53.9. The Morgan fingerprint density at radius 3 is 2.20 bits per heavy atom. The number of cyclic esters (lactones) is 1. The summed E-state index contributed by atoms with van der Waals surface area (Å²) >= 11 is 0. The minimum atomic E-state index is -2.54. The van der Waals surface area contributed by atoms with Gasteiger partial charge in [-0.05, 0) is 109 Å². The summed E-state index contributed by atoms with van der Waals surface area (Å²) in [7, 11) is 6.65. The molecule has 0 unspecified atom stereocenters. The molecule has 2 amide bonds. The summed E-state index contributed by atoms with van der Waals surface area (Å²) in [4.78, 5) is 76.2. The number of Topliss-reactive ketones (excluding diaryl/α,β-unsaturated/α-hetero) is 2. The number of amides is 2. The van der Waals surface area contributed by atoms with E-state index in [2.05, 4.69) is 4.90 Å². The van der Waals surface area contributed by atoms with Crippen molar-refractivity contribution in [2.75, 3.05) is 61.1 Å². The van der Waals surface area contributed by atoms with Crippen LogP contribution in [0.5, 0.6) is 0 Å². The van der Waals surface area contributed by atoms with Gasteiger partial charge in [0.05, 0.1) is 30.5 Å². The molecule has 3 N–H and O–H groups in total. The molecule has 0 radical (unpaired) electrons. The molecule has 0 aromatic heterocycles. The summed E-state index contributed by atoms with van der Waals surface area (Å²) in [5.41, 5.74) is 1.57. The standard InChI is InChI=1S/C50H81N3O13/c1-30-23-31(2)25-42(63-8)46-43(64-9)27-33(4)50(61,66-46)47(58)48(59)53-18-11-10-14-37(53)49(60)65-45(32(3)26-35-16-17-38(54)41(28-35)62-7)34(5)39(55)29-40(56)36(24-30)13-12-15-44(57)52-21-19-51(6)20-22-52/h24,26,31,33-39,41-43,45-46,54-55,61H,10-23,25,27-29H2,1-9H3/b30-24+,32-26+/t31-,33+,34+,35-,36+,37-,38+,39-,41+,42-,43-,45+,46+,50+/m0/s1. The normalized spacial score (nSPS) is 38.8. The summed E-state index contributed by atoms with van der Waals surface area (Å²) in [5, 5.41) is 34.7. The molecule has 374 valence electrons. The Balaban J connectivity index is 1.51. The molecule has 3 saturated heterocycles. The van der Waals surface area contributed by atoms with Crippen molar-refractivity contribution in [2.24, 2.45) is 29.6 Å². The lowest BCUT2D eigenvalue weighted by Gasteiger charge is -2.47. The smallest absolute Gasteiger partial charge is 0.329 e. The number of hydrogen-bond donors (Lipinski definition) is 3. The molecule has 5 aliphatic rings. The van der Waals surface area contributed by atoms with E-state index in [1.807, 2.05) is 44.9 Å². The number of piperidine rings is 1. The van der Waals surface area contributed by atoms with Gasteiger partial charge in [-0.15, -0.1) is 0 Å². The average molecular weight is 932 g/mol. The van der Waals surface area contributed by atoms with Crippen molar-refractivity contribution >= 4 is 29.4 Å². The van der Waals surface area contributed by atoms with Crippen molar-refractivity contribution in [1.82, 2.24) is 14.7 Å². The molecule has 16 heteroatoms. The zero-order valence-corrected chi connectivity index (χ0v) is 41.2. The number of methoxy groups -OCH3 is 3. The zero-order chi connectivity index (χ0) is 48.5. The van der Waals surface area contributed by atoms with Gasteiger partial charge in [-0.1, -0.05) is 38.5 Å². The quantitative estimate of drug-likeness (QED) is 0.170. The van der Waals surface area contributed by atoms with Crippen LogP contribution < -0.4 is 0 Å². The van der Waals surface area contributed by atoms with E-state index in [1.165, 1.54) is 19.1 Å². The van der Waals surface area contributed by atoms with Gasteiger partial charge in [0.2, 0.25) is 11.7 Å². The number of ether oxygens (including phenoxy) is 5. The third-order valence-electron chi connectivity index (χ3n) is 15.2. The van der Waals surface area contributed by atoms with E-state index in [4.69, 9.17) is 23.7 Å². The van der Waals surface area contributed by atoms with Crippen LogP contribution >= 0.6 is 0 Å². The van der Waals surface area contributed by atoms with Crippen molar-refractivity contribution in [2.45, 2.75) is 173 Å². The number of rotatable bonds is 9. The number of piperazine rings is 1. The highest BCUT2D eigenvalue weighted by Gasteiger charge is 2.56. The van der Waals surface area contributed by atoms with Crippen LogP contribution in [-0.2, 0) is 47.7 Å². The van der Waals surface area contributed by atoms with Crippen LogP contribution in [0.15, 0.2) is 23.3 Å². The minimum absolute atomic E-state index is 0.0363. The summed E-state index contributed by atoms with van der Waals surface area (Å²) in [6.45, 7) is 12.2. The topological polar surface area (TPSA) is 202 Å². The highest BCUT2D eigenvalue weighted by atomic mass is 16.7. The van der Waals surface area contributed by atoms with Crippen molar-refractivity contribution in [1.29, 1.82) is 0 Å². The monoisotopic (exact) mass is 932 g/mol. The SMILES string of the molecule is CO[C@H]1C[C@@H](C)C/C(C)=C/[C@@H](CCCC(=O)N2CCN(C)CC2)C(=O)C[C@H](O)[C@@H](C)[C@@H](/C(C)=C/[C@@H]2CC[C@@H](O)[C@H](OC)C2)OC(=O)[C@@H]2CCCCN2C(=O)C(=O)[C@]2(O)O[C@H]1[C@@H](OC)C[C@H]2C. The van der Waals surface area contributed by atoms with E-state index < -0.39 is 83.9 Å². The van der Waals surface area contributed by atoms with Gasteiger partial charge >= 0.3 is 5.97 Å². The molecule has 14 atom stereocenters. The summed E-state index contributed by atoms with van der Waals surface area (Å²) in [6, 6.07) is -1.17.